The number of amides is 1. The minimum Gasteiger partial charge on any atom is -0.353 e. The summed E-state index contributed by atoms with van der Waals surface area (Å²) in [5.74, 6) is 2.01. The molecule has 1 saturated carbocycles. The molecule has 0 saturated heterocycles. The van der Waals surface area contributed by atoms with Gasteiger partial charge in [-0.2, -0.15) is 0 Å². The molecule has 2 atom stereocenters. The molecule has 0 aromatic heterocycles. The third kappa shape index (κ3) is 6.39. The van der Waals surface area contributed by atoms with Crippen molar-refractivity contribution in [3.05, 3.63) is 0 Å². The average Bonchev–Trinajstić information content (AvgIpc) is 3.10. The van der Waals surface area contributed by atoms with Crippen LogP contribution < -0.4 is 11.1 Å². The van der Waals surface area contributed by atoms with Gasteiger partial charge in [0.15, 0.2) is 0 Å². The number of carbonyl (C=O) groups is 1. The molecule has 3 N–H and O–H groups in total. The lowest BCUT2D eigenvalue weighted by molar-refractivity contribution is -0.122. The molecule has 18 heavy (non-hydrogen) atoms. The van der Waals surface area contributed by atoms with Gasteiger partial charge in [0.2, 0.25) is 5.91 Å². The van der Waals surface area contributed by atoms with Crippen molar-refractivity contribution < 1.29 is 4.79 Å². The lowest BCUT2D eigenvalue weighted by Gasteiger charge is -2.20. The third-order valence-electron chi connectivity index (χ3n) is 3.78. The van der Waals surface area contributed by atoms with Crippen LogP contribution in [0.3, 0.4) is 0 Å². The highest BCUT2D eigenvalue weighted by atomic mass is 16.1. The maximum atomic E-state index is 12.0. The molecule has 0 radical (unpaired) electrons. The summed E-state index contributed by atoms with van der Waals surface area (Å²) in [6.45, 7) is 7.14. The zero-order valence-electron chi connectivity index (χ0n) is 12.2. The Labute approximate surface area is 112 Å². The second-order valence-corrected chi connectivity index (χ2v) is 6.29. The highest BCUT2D eigenvalue weighted by Crippen LogP contribution is 2.34. The molecule has 1 aliphatic rings. The van der Waals surface area contributed by atoms with Crippen LogP contribution in [0, 0.1) is 17.8 Å². The fraction of sp³-hybridized carbons (Fsp3) is 0.933. The average molecular weight is 254 g/mol. The summed E-state index contributed by atoms with van der Waals surface area (Å²) >= 11 is 0. The zero-order chi connectivity index (χ0) is 13.5. The van der Waals surface area contributed by atoms with Gasteiger partial charge < -0.3 is 11.1 Å². The lowest BCUT2D eigenvalue weighted by atomic mass is 9.93. The van der Waals surface area contributed by atoms with E-state index in [-0.39, 0.29) is 5.91 Å². The van der Waals surface area contributed by atoms with Crippen molar-refractivity contribution >= 4 is 5.91 Å². The van der Waals surface area contributed by atoms with Gasteiger partial charge in [0.1, 0.15) is 0 Å². The van der Waals surface area contributed by atoms with Gasteiger partial charge in [-0.15, -0.1) is 0 Å². The molecule has 0 aromatic carbocycles. The summed E-state index contributed by atoms with van der Waals surface area (Å²) in [6, 6.07) is 0.377. The summed E-state index contributed by atoms with van der Waals surface area (Å²) in [5, 5.41) is 3.18. The number of nitrogens with one attached hydrogen (secondary N) is 1. The van der Waals surface area contributed by atoms with Crippen molar-refractivity contribution in [3.63, 3.8) is 0 Å². The highest BCUT2D eigenvalue weighted by Gasteiger charge is 2.25. The number of hydrogen-bond acceptors (Lipinski definition) is 2. The number of hydrogen-bond donors (Lipinski definition) is 2. The monoisotopic (exact) mass is 254 g/mol. The van der Waals surface area contributed by atoms with Crippen molar-refractivity contribution in [1.29, 1.82) is 0 Å². The number of carbonyl (C=O) groups excluding carboxylic acids is 1. The maximum Gasteiger partial charge on any atom is 0.220 e. The first-order valence-corrected chi connectivity index (χ1v) is 7.54. The summed E-state index contributed by atoms with van der Waals surface area (Å²) < 4.78 is 0. The van der Waals surface area contributed by atoms with Gasteiger partial charge >= 0.3 is 0 Å². The topological polar surface area (TPSA) is 55.1 Å². The first-order chi connectivity index (χ1) is 8.55. The molecule has 1 fully saturated rings. The number of rotatable bonds is 9. The van der Waals surface area contributed by atoms with E-state index in [9.17, 15) is 4.79 Å². The predicted molar refractivity (Wildman–Crippen MR) is 76.2 cm³/mol. The molecular formula is C15H30N2O. The third-order valence-corrected chi connectivity index (χ3v) is 3.78. The van der Waals surface area contributed by atoms with Gasteiger partial charge in [0.05, 0.1) is 0 Å². The Hall–Kier alpha value is -0.570. The van der Waals surface area contributed by atoms with E-state index >= 15 is 0 Å². The molecule has 1 aliphatic carbocycles. The van der Waals surface area contributed by atoms with E-state index < -0.39 is 0 Å². The summed E-state index contributed by atoms with van der Waals surface area (Å²) in [7, 11) is 0. The minimum absolute atomic E-state index is 0.193. The van der Waals surface area contributed by atoms with Crippen LogP contribution in [0.5, 0.6) is 0 Å². The van der Waals surface area contributed by atoms with Crippen LogP contribution in [-0.4, -0.2) is 18.5 Å². The Bertz CT molecular complexity index is 233. The van der Waals surface area contributed by atoms with Crippen molar-refractivity contribution in [2.75, 3.05) is 6.54 Å². The molecule has 0 aromatic rings. The van der Waals surface area contributed by atoms with Crippen molar-refractivity contribution in [2.45, 2.75) is 65.3 Å². The van der Waals surface area contributed by atoms with Crippen LogP contribution in [0.2, 0.25) is 0 Å². The van der Waals surface area contributed by atoms with Gasteiger partial charge in [-0.05, 0) is 43.6 Å². The first-order valence-electron chi connectivity index (χ1n) is 7.54. The Morgan fingerprint density at radius 3 is 2.50 bits per heavy atom. The predicted octanol–water partition coefficient (Wildman–Crippen LogP) is 2.69. The fourth-order valence-corrected chi connectivity index (χ4v) is 2.56. The number of nitrogens with two attached hydrogens (primary N) is 1. The van der Waals surface area contributed by atoms with E-state index in [1.807, 2.05) is 0 Å². The van der Waals surface area contributed by atoms with Gasteiger partial charge in [0.25, 0.3) is 0 Å². The van der Waals surface area contributed by atoms with E-state index in [0.29, 0.717) is 30.8 Å². The smallest absolute Gasteiger partial charge is 0.220 e. The lowest BCUT2D eigenvalue weighted by Crippen LogP contribution is -2.36. The normalized spacial score (nSPS) is 18.7. The zero-order valence-corrected chi connectivity index (χ0v) is 12.2. The van der Waals surface area contributed by atoms with E-state index in [2.05, 4.69) is 26.1 Å². The molecule has 1 amide bonds. The summed E-state index contributed by atoms with van der Waals surface area (Å²) in [4.78, 5) is 12.0. The standard InChI is InChI=1S/C15H30N2O/c1-4-14(8-12-5-6-12)17-15(18)9-13(10-16)7-11(2)3/h11-14H,4-10,16H2,1-3H3,(H,17,18). The fourth-order valence-electron chi connectivity index (χ4n) is 2.56. The minimum atomic E-state index is 0.193. The molecule has 0 aliphatic heterocycles. The van der Waals surface area contributed by atoms with Crippen LogP contribution in [-0.2, 0) is 4.79 Å². The van der Waals surface area contributed by atoms with E-state index in [4.69, 9.17) is 5.73 Å². The summed E-state index contributed by atoms with van der Waals surface area (Å²) in [6.07, 6.45) is 6.55. The van der Waals surface area contributed by atoms with E-state index in [0.717, 1.165) is 18.8 Å². The Balaban J connectivity index is 2.28. The molecule has 3 nitrogen and oxygen atoms in total. The summed E-state index contributed by atoms with van der Waals surface area (Å²) in [5.41, 5.74) is 5.74. The van der Waals surface area contributed by atoms with E-state index in [1.165, 1.54) is 19.3 Å². The molecule has 106 valence electrons. The molecule has 1 rings (SSSR count). The first kappa shape index (κ1) is 15.5. The van der Waals surface area contributed by atoms with Crippen LogP contribution in [0.1, 0.15) is 59.3 Å². The Kier molecular flexibility index (Phi) is 6.69. The second-order valence-electron chi connectivity index (χ2n) is 6.29. The van der Waals surface area contributed by atoms with Gasteiger partial charge in [-0.1, -0.05) is 33.6 Å². The van der Waals surface area contributed by atoms with Crippen LogP contribution in [0.15, 0.2) is 0 Å². The van der Waals surface area contributed by atoms with Crippen molar-refractivity contribution in [1.82, 2.24) is 5.32 Å². The van der Waals surface area contributed by atoms with Gasteiger partial charge in [0, 0.05) is 12.5 Å². The van der Waals surface area contributed by atoms with Crippen molar-refractivity contribution in [2.24, 2.45) is 23.5 Å². The van der Waals surface area contributed by atoms with Gasteiger partial charge in [-0.3, -0.25) is 4.79 Å². The maximum absolute atomic E-state index is 12.0. The molecule has 3 heteroatoms. The van der Waals surface area contributed by atoms with Crippen LogP contribution in [0.4, 0.5) is 0 Å². The Morgan fingerprint density at radius 1 is 1.39 bits per heavy atom. The molecule has 2 unspecified atom stereocenters. The molecule has 0 bridgehead atoms. The van der Waals surface area contributed by atoms with Crippen LogP contribution >= 0.6 is 0 Å². The highest BCUT2D eigenvalue weighted by molar-refractivity contribution is 5.76. The van der Waals surface area contributed by atoms with Crippen molar-refractivity contribution in [3.8, 4) is 0 Å². The quantitative estimate of drug-likeness (QED) is 0.664. The Morgan fingerprint density at radius 2 is 2.06 bits per heavy atom. The molecule has 0 spiro atoms. The second kappa shape index (κ2) is 7.78. The van der Waals surface area contributed by atoms with Gasteiger partial charge in [-0.25, -0.2) is 0 Å². The SMILES string of the molecule is CCC(CC1CC1)NC(=O)CC(CN)CC(C)C. The largest absolute Gasteiger partial charge is 0.353 e. The van der Waals surface area contributed by atoms with E-state index in [1.54, 1.807) is 0 Å². The molecule has 0 heterocycles. The van der Waals surface area contributed by atoms with Crippen LogP contribution in [0.25, 0.3) is 0 Å². The molecular weight excluding hydrogens is 224 g/mol.